The number of hydrogen-bond acceptors (Lipinski definition) is 3. The Morgan fingerprint density at radius 1 is 1.24 bits per heavy atom. The number of aryl methyl sites for hydroxylation is 2. The number of nitrogens with zero attached hydrogens (tertiary/aromatic N) is 2. The first-order valence-electron chi connectivity index (χ1n) is 5.78. The Morgan fingerprint density at radius 2 is 2.06 bits per heavy atom. The molecule has 0 fully saturated rings. The molecule has 0 aliphatic carbocycles. The van der Waals surface area contributed by atoms with Gasteiger partial charge in [0, 0.05) is 31.2 Å². The molecule has 0 radical (unpaired) electrons. The summed E-state index contributed by atoms with van der Waals surface area (Å²) in [7, 11) is 0. The number of benzene rings is 1. The van der Waals surface area contributed by atoms with Gasteiger partial charge in [-0.2, -0.15) is 0 Å². The van der Waals surface area contributed by atoms with Gasteiger partial charge in [-0.1, -0.05) is 42.1 Å². The molecule has 2 rings (SSSR count). The summed E-state index contributed by atoms with van der Waals surface area (Å²) in [6.07, 6.45) is 4.92. The van der Waals surface area contributed by atoms with Gasteiger partial charge in [0.15, 0.2) is 5.16 Å². The maximum atomic E-state index is 5.50. The molecule has 0 aliphatic rings. The van der Waals surface area contributed by atoms with E-state index in [0.717, 1.165) is 23.9 Å². The van der Waals surface area contributed by atoms with Crippen molar-refractivity contribution >= 4 is 11.8 Å². The normalized spacial score (nSPS) is 10.6. The highest BCUT2D eigenvalue weighted by Gasteiger charge is 2.02. The highest BCUT2D eigenvalue weighted by molar-refractivity contribution is 7.99. The number of thioether (sulfide) groups is 1. The largest absolute Gasteiger partial charge is 0.330 e. The van der Waals surface area contributed by atoms with Crippen molar-refractivity contribution in [1.29, 1.82) is 0 Å². The molecule has 0 bridgehead atoms. The Balaban J connectivity index is 1.92. The fourth-order valence-electron chi connectivity index (χ4n) is 1.65. The molecule has 2 N–H and O–H groups in total. The van der Waals surface area contributed by atoms with Crippen LogP contribution in [-0.2, 0) is 13.0 Å². The van der Waals surface area contributed by atoms with E-state index >= 15 is 0 Å². The van der Waals surface area contributed by atoms with Crippen molar-refractivity contribution in [2.75, 3.05) is 12.3 Å². The lowest BCUT2D eigenvalue weighted by Crippen LogP contribution is -2.05. The molecule has 17 heavy (non-hydrogen) atoms. The molecule has 0 aliphatic heterocycles. The van der Waals surface area contributed by atoms with E-state index in [4.69, 9.17) is 5.73 Å². The van der Waals surface area contributed by atoms with Gasteiger partial charge >= 0.3 is 0 Å². The van der Waals surface area contributed by atoms with Crippen molar-refractivity contribution in [2.24, 2.45) is 5.73 Å². The van der Waals surface area contributed by atoms with E-state index in [1.54, 1.807) is 11.8 Å². The summed E-state index contributed by atoms with van der Waals surface area (Å²) in [5.41, 5.74) is 6.86. The molecule has 1 heterocycles. The highest BCUT2D eigenvalue weighted by atomic mass is 32.2. The van der Waals surface area contributed by atoms with E-state index in [9.17, 15) is 0 Å². The van der Waals surface area contributed by atoms with E-state index in [1.165, 1.54) is 5.56 Å². The van der Waals surface area contributed by atoms with Gasteiger partial charge in [-0.25, -0.2) is 4.98 Å². The Kier molecular flexibility index (Phi) is 4.64. The molecular formula is C13H17N3S. The average molecular weight is 247 g/mol. The zero-order valence-corrected chi connectivity index (χ0v) is 10.6. The molecule has 0 unspecified atom stereocenters. The predicted octanol–water partition coefficient (Wildman–Crippen LogP) is 2.18. The lowest BCUT2D eigenvalue weighted by atomic mass is 10.1. The second kappa shape index (κ2) is 6.47. The number of nitrogens with two attached hydrogens (primary N) is 1. The molecule has 0 amide bonds. The quantitative estimate of drug-likeness (QED) is 0.796. The standard InChI is InChI=1S/C13H17N3S/c14-7-11-17-13-15-8-10-16(13)9-6-12-4-2-1-3-5-12/h1-5,8,10H,6-7,9,11,14H2. The van der Waals surface area contributed by atoms with Crippen molar-refractivity contribution in [1.82, 2.24) is 9.55 Å². The SMILES string of the molecule is NCCSc1nccn1CCc1ccccc1. The molecule has 2 aromatic rings. The lowest BCUT2D eigenvalue weighted by molar-refractivity contribution is 0.633. The molecule has 3 nitrogen and oxygen atoms in total. The van der Waals surface area contributed by atoms with E-state index < -0.39 is 0 Å². The van der Waals surface area contributed by atoms with Crippen LogP contribution in [-0.4, -0.2) is 21.8 Å². The first kappa shape index (κ1) is 12.2. The third-order valence-corrected chi connectivity index (χ3v) is 3.55. The third kappa shape index (κ3) is 3.61. The van der Waals surface area contributed by atoms with Crippen LogP contribution in [0.25, 0.3) is 0 Å². The monoisotopic (exact) mass is 247 g/mol. The predicted molar refractivity (Wildman–Crippen MR) is 72.2 cm³/mol. The Labute approximate surface area is 106 Å². The highest BCUT2D eigenvalue weighted by Crippen LogP contribution is 2.15. The molecule has 0 saturated heterocycles. The van der Waals surface area contributed by atoms with E-state index in [-0.39, 0.29) is 0 Å². The van der Waals surface area contributed by atoms with Gasteiger partial charge in [-0.05, 0) is 12.0 Å². The van der Waals surface area contributed by atoms with E-state index in [1.807, 2.05) is 18.5 Å². The molecule has 4 heteroatoms. The summed E-state index contributed by atoms with van der Waals surface area (Å²) >= 11 is 1.72. The summed E-state index contributed by atoms with van der Waals surface area (Å²) in [5, 5.41) is 1.06. The molecule has 0 spiro atoms. The maximum Gasteiger partial charge on any atom is 0.167 e. The van der Waals surface area contributed by atoms with Crippen LogP contribution in [0.1, 0.15) is 5.56 Å². The fraction of sp³-hybridized carbons (Fsp3) is 0.308. The summed E-state index contributed by atoms with van der Waals surface area (Å²) in [6, 6.07) is 10.5. The minimum absolute atomic E-state index is 0.691. The van der Waals surface area contributed by atoms with Crippen LogP contribution in [0.5, 0.6) is 0 Å². The van der Waals surface area contributed by atoms with Crippen molar-refractivity contribution in [2.45, 2.75) is 18.1 Å². The van der Waals surface area contributed by atoms with Crippen LogP contribution in [0.15, 0.2) is 47.9 Å². The first-order chi connectivity index (χ1) is 8.40. The topological polar surface area (TPSA) is 43.8 Å². The number of rotatable bonds is 6. The smallest absolute Gasteiger partial charge is 0.167 e. The van der Waals surface area contributed by atoms with Crippen LogP contribution in [0.3, 0.4) is 0 Å². The Hall–Kier alpha value is -1.26. The second-order valence-electron chi connectivity index (χ2n) is 3.78. The van der Waals surface area contributed by atoms with Crippen molar-refractivity contribution < 1.29 is 0 Å². The van der Waals surface area contributed by atoms with Crippen LogP contribution < -0.4 is 5.73 Å². The number of aromatic nitrogens is 2. The van der Waals surface area contributed by atoms with Gasteiger partial charge in [-0.15, -0.1) is 0 Å². The van der Waals surface area contributed by atoms with Gasteiger partial charge in [0.05, 0.1) is 0 Å². The third-order valence-electron chi connectivity index (χ3n) is 2.51. The van der Waals surface area contributed by atoms with Crippen LogP contribution in [0.2, 0.25) is 0 Å². The van der Waals surface area contributed by atoms with Gasteiger partial charge in [0.25, 0.3) is 0 Å². The lowest BCUT2D eigenvalue weighted by Gasteiger charge is -2.06. The maximum absolute atomic E-state index is 5.50. The molecular weight excluding hydrogens is 230 g/mol. The average Bonchev–Trinajstić information content (AvgIpc) is 2.82. The summed E-state index contributed by atoms with van der Waals surface area (Å²) in [5.74, 6) is 0.919. The fourth-order valence-corrected chi connectivity index (χ4v) is 2.40. The second-order valence-corrected chi connectivity index (χ2v) is 4.84. The van der Waals surface area contributed by atoms with Crippen molar-refractivity contribution in [3.8, 4) is 0 Å². The summed E-state index contributed by atoms with van der Waals surface area (Å²) in [4.78, 5) is 4.34. The van der Waals surface area contributed by atoms with Crippen molar-refractivity contribution in [3.63, 3.8) is 0 Å². The van der Waals surface area contributed by atoms with Crippen LogP contribution in [0, 0.1) is 0 Å². The van der Waals surface area contributed by atoms with Gasteiger partial charge in [0.1, 0.15) is 0 Å². The molecule has 90 valence electrons. The van der Waals surface area contributed by atoms with E-state index in [2.05, 4.69) is 33.8 Å². The minimum Gasteiger partial charge on any atom is -0.330 e. The van der Waals surface area contributed by atoms with E-state index in [0.29, 0.717) is 6.54 Å². The molecule has 0 atom stereocenters. The Morgan fingerprint density at radius 3 is 2.82 bits per heavy atom. The minimum atomic E-state index is 0.691. The van der Waals surface area contributed by atoms with Gasteiger partial charge in [0.2, 0.25) is 0 Å². The Bertz CT molecular complexity index is 439. The molecule has 1 aromatic heterocycles. The number of imidazole rings is 1. The zero-order valence-electron chi connectivity index (χ0n) is 9.75. The van der Waals surface area contributed by atoms with Crippen LogP contribution >= 0.6 is 11.8 Å². The summed E-state index contributed by atoms with van der Waals surface area (Å²) in [6.45, 7) is 1.66. The first-order valence-corrected chi connectivity index (χ1v) is 6.76. The number of hydrogen-bond donors (Lipinski definition) is 1. The van der Waals surface area contributed by atoms with Gasteiger partial charge < -0.3 is 10.3 Å². The molecule has 1 aromatic carbocycles. The zero-order chi connectivity index (χ0) is 11.9. The molecule has 0 saturated carbocycles. The summed E-state index contributed by atoms with van der Waals surface area (Å²) < 4.78 is 2.19. The van der Waals surface area contributed by atoms with Crippen molar-refractivity contribution in [3.05, 3.63) is 48.3 Å². The van der Waals surface area contributed by atoms with Gasteiger partial charge in [-0.3, -0.25) is 0 Å². The van der Waals surface area contributed by atoms with Crippen LogP contribution in [0.4, 0.5) is 0 Å².